The van der Waals surface area contributed by atoms with E-state index in [0.29, 0.717) is 16.3 Å². The van der Waals surface area contributed by atoms with Gasteiger partial charge in [0, 0.05) is 10.5 Å². The van der Waals surface area contributed by atoms with Gasteiger partial charge in [0.05, 0.1) is 10.7 Å². The molecule has 4 heteroatoms. The van der Waals surface area contributed by atoms with Crippen LogP contribution >= 0.6 is 24.2 Å². The van der Waals surface area contributed by atoms with Crippen LogP contribution in [0.1, 0.15) is 15.9 Å². The normalized spacial score (nSPS) is 10.2. The number of carbonyl (C=O) groups excluding carboxylic acids is 1. The zero-order chi connectivity index (χ0) is 13.1. The molecule has 0 aliphatic rings. The van der Waals surface area contributed by atoms with Gasteiger partial charge >= 0.3 is 0 Å². The maximum atomic E-state index is 12.1. The second-order valence-electron chi connectivity index (χ2n) is 3.94. The summed E-state index contributed by atoms with van der Waals surface area (Å²) in [7, 11) is 0. The Kier molecular flexibility index (Phi) is 3.94. The van der Waals surface area contributed by atoms with Crippen LogP contribution in [-0.2, 0) is 0 Å². The molecule has 0 saturated heterocycles. The molecule has 0 radical (unpaired) electrons. The lowest BCUT2D eigenvalue weighted by atomic mass is 10.1. The summed E-state index contributed by atoms with van der Waals surface area (Å²) < 4.78 is 0. The minimum atomic E-state index is -0.192. The van der Waals surface area contributed by atoms with E-state index in [1.807, 2.05) is 25.1 Å². The maximum Gasteiger partial charge on any atom is 0.255 e. The van der Waals surface area contributed by atoms with E-state index in [1.54, 1.807) is 24.3 Å². The minimum absolute atomic E-state index is 0.192. The van der Waals surface area contributed by atoms with Gasteiger partial charge in [-0.15, -0.1) is 12.6 Å². The second-order valence-corrected chi connectivity index (χ2v) is 4.86. The van der Waals surface area contributed by atoms with Crippen LogP contribution < -0.4 is 5.32 Å². The number of rotatable bonds is 2. The van der Waals surface area contributed by atoms with E-state index in [2.05, 4.69) is 17.9 Å². The summed E-state index contributed by atoms with van der Waals surface area (Å²) >= 11 is 10.3. The Morgan fingerprint density at radius 2 is 1.94 bits per heavy atom. The highest BCUT2D eigenvalue weighted by Gasteiger charge is 2.10. The summed E-state index contributed by atoms with van der Waals surface area (Å²) in [6.07, 6.45) is 0. The minimum Gasteiger partial charge on any atom is -0.320 e. The molecule has 0 spiro atoms. The van der Waals surface area contributed by atoms with Crippen molar-refractivity contribution in [2.75, 3.05) is 5.32 Å². The lowest BCUT2D eigenvalue weighted by Crippen LogP contribution is -2.13. The number of para-hydroxylation sites is 1. The predicted molar refractivity (Wildman–Crippen MR) is 77.8 cm³/mol. The molecule has 0 atom stereocenters. The molecule has 0 aliphatic heterocycles. The van der Waals surface area contributed by atoms with Gasteiger partial charge in [-0.05, 0) is 36.8 Å². The van der Waals surface area contributed by atoms with Crippen LogP contribution in [0.3, 0.4) is 0 Å². The molecule has 0 bridgehead atoms. The van der Waals surface area contributed by atoms with Gasteiger partial charge in [0.25, 0.3) is 5.91 Å². The molecule has 0 aliphatic carbocycles. The lowest BCUT2D eigenvalue weighted by molar-refractivity contribution is 0.102. The number of thiol groups is 1. The first-order valence-electron chi connectivity index (χ1n) is 5.43. The van der Waals surface area contributed by atoms with Gasteiger partial charge in [-0.3, -0.25) is 4.79 Å². The number of benzene rings is 2. The molecular formula is C14H12ClNOS. The zero-order valence-corrected chi connectivity index (χ0v) is 11.4. The Morgan fingerprint density at radius 3 is 2.61 bits per heavy atom. The first kappa shape index (κ1) is 13.0. The first-order chi connectivity index (χ1) is 8.58. The van der Waals surface area contributed by atoms with Crippen molar-refractivity contribution in [1.29, 1.82) is 0 Å². The van der Waals surface area contributed by atoms with Crippen molar-refractivity contribution < 1.29 is 4.79 Å². The molecule has 18 heavy (non-hydrogen) atoms. The number of halogens is 1. The number of hydrogen-bond acceptors (Lipinski definition) is 2. The van der Waals surface area contributed by atoms with Gasteiger partial charge < -0.3 is 5.32 Å². The molecule has 0 unspecified atom stereocenters. The molecule has 2 aromatic carbocycles. The van der Waals surface area contributed by atoms with E-state index < -0.39 is 0 Å². The average Bonchev–Trinajstić information content (AvgIpc) is 2.34. The van der Waals surface area contributed by atoms with Crippen LogP contribution in [0, 0.1) is 6.92 Å². The van der Waals surface area contributed by atoms with Crippen LogP contribution in [0.25, 0.3) is 0 Å². The summed E-state index contributed by atoms with van der Waals surface area (Å²) in [6.45, 7) is 1.90. The number of nitrogens with one attached hydrogen (secondary N) is 1. The summed E-state index contributed by atoms with van der Waals surface area (Å²) in [5.41, 5.74) is 2.13. The van der Waals surface area contributed by atoms with Crippen molar-refractivity contribution >= 4 is 35.8 Å². The largest absolute Gasteiger partial charge is 0.320 e. The van der Waals surface area contributed by atoms with Crippen molar-refractivity contribution in [1.82, 2.24) is 0 Å². The van der Waals surface area contributed by atoms with E-state index in [0.717, 1.165) is 10.5 Å². The molecule has 1 N–H and O–H groups in total. The summed E-state index contributed by atoms with van der Waals surface area (Å²) in [5.74, 6) is -0.192. The Hall–Kier alpha value is -1.45. The van der Waals surface area contributed by atoms with Crippen LogP contribution in [0.15, 0.2) is 47.4 Å². The van der Waals surface area contributed by atoms with Crippen molar-refractivity contribution in [3.8, 4) is 0 Å². The van der Waals surface area contributed by atoms with E-state index >= 15 is 0 Å². The average molecular weight is 278 g/mol. The Labute approximate surface area is 116 Å². The number of anilines is 1. The predicted octanol–water partition coefficient (Wildman–Crippen LogP) is 4.19. The maximum absolute atomic E-state index is 12.1. The Balaban J connectivity index is 2.27. The summed E-state index contributed by atoms with van der Waals surface area (Å²) in [4.78, 5) is 12.8. The quantitative estimate of drug-likeness (QED) is 0.792. The van der Waals surface area contributed by atoms with Crippen molar-refractivity contribution in [3.63, 3.8) is 0 Å². The van der Waals surface area contributed by atoms with Crippen LogP contribution in [-0.4, -0.2) is 5.91 Å². The van der Waals surface area contributed by atoms with E-state index in [-0.39, 0.29) is 5.91 Å². The fourth-order valence-corrected chi connectivity index (χ4v) is 2.12. The van der Waals surface area contributed by atoms with Crippen molar-refractivity contribution in [2.45, 2.75) is 11.8 Å². The van der Waals surface area contributed by atoms with E-state index in [1.165, 1.54) is 0 Å². The highest BCUT2D eigenvalue weighted by Crippen LogP contribution is 2.25. The molecule has 0 heterocycles. The smallest absolute Gasteiger partial charge is 0.255 e. The molecule has 2 aromatic rings. The second kappa shape index (κ2) is 5.46. The van der Waals surface area contributed by atoms with E-state index in [9.17, 15) is 4.79 Å². The highest BCUT2D eigenvalue weighted by molar-refractivity contribution is 7.80. The molecule has 92 valence electrons. The monoisotopic (exact) mass is 277 g/mol. The van der Waals surface area contributed by atoms with Crippen LogP contribution in [0.5, 0.6) is 0 Å². The molecular weight excluding hydrogens is 266 g/mol. The molecule has 0 aromatic heterocycles. The molecule has 0 saturated carbocycles. The van der Waals surface area contributed by atoms with Gasteiger partial charge in [-0.1, -0.05) is 29.8 Å². The zero-order valence-electron chi connectivity index (χ0n) is 9.77. The van der Waals surface area contributed by atoms with E-state index in [4.69, 9.17) is 11.6 Å². The Bertz CT molecular complexity index is 578. The fourth-order valence-electron chi connectivity index (χ4n) is 1.62. The van der Waals surface area contributed by atoms with Crippen LogP contribution in [0.2, 0.25) is 5.02 Å². The Morgan fingerprint density at radius 1 is 1.22 bits per heavy atom. The van der Waals surface area contributed by atoms with Gasteiger partial charge in [-0.2, -0.15) is 0 Å². The molecule has 1 amide bonds. The van der Waals surface area contributed by atoms with Gasteiger partial charge in [0.1, 0.15) is 0 Å². The first-order valence-corrected chi connectivity index (χ1v) is 6.26. The number of amides is 1. The van der Waals surface area contributed by atoms with Crippen molar-refractivity contribution in [3.05, 3.63) is 58.6 Å². The molecule has 0 fully saturated rings. The third-order valence-electron chi connectivity index (χ3n) is 2.57. The standard InChI is InChI=1S/C14H12ClNOS/c1-9-4-2-7-12(15)13(9)16-14(17)10-5-3-6-11(18)8-10/h2-8,18H,1H3,(H,16,17). The summed E-state index contributed by atoms with van der Waals surface area (Å²) in [5, 5.41) is 3.35. The topological polar surface area (TPSA) is 29.1 Å². The number of aryl methyl sites for hydroxylation is 1. The van der Waals surface area contributed by atoms with Crippen molar-refractivity contribution in [2.24, 2.45) is 0 Å². The molecule has 2 rings (SSSR count). The summed E-state index contributed by atoms with van der Waals surface area (Å²) in [6, 6.07) is 12.6. The lowest BCUT2D eigenvalue weighted by Gasteiger charge is -2.10. The van der Waals surface area contributed by atoms with Gasteiger partial charge in [-0.25, -0.2) is 0 Å². The van der Waals surface area contributed by atoms with Crippen LogP contribution in [0.4, 0.5) is 5.69 Å². The molecule has 2 nitrogen and oxygen atoms in total. The third kappa shape index (κ3) is 2.86. The van der Waals surface area contributed by atoms with Gasteiger partial charge in [0.2, 0.25) is 0 Å². The third-order valence-corrected chi connectivity index (χ3v) is 3.16. The fraction of sp³-hybridized carbons (Fsp3) is 0.0714. The SMILES string of the molecule is Cc1cccc(Cl)c1NC(=O)c1cccc(S)c1. The number of carbonyl (C=O) groups is 1. The highest BCUT2D eigenvalue weighted by atomic mass is 35.5. The number of hydrogen-bond donors (Lipinski definition) is 2. The van der Waals surface area contributed by atoms with Gasteiger partial charge in [0.15, 0.2) is 0 Å².